The average molecular weight is 444 g/mol. The molecule has 1 N–H and O–H groups in total. The Morgan fingerprint density at radius 3 is 2.33 bits per heavy atom. The van der Waals surface area contributed by atoms with Crippen molar-refractivity contribution in [1.29, 1.82) is 0 Å². The summed E-state index contributed by atoms with van der Waals surface area (Å²) in [5.41, 5.74) is 0.788. The quantitative estimate of drug-likeness (QED) is 0.671. The van der Waals surface area contributed by atoms with Crippen molar-refractivity contribution in [3.8, 4) is 5.75 Å². The van der Waals surface area contributed by atoms with Gasteiger partial charge in [-0.2, -0.15) is 4.31 Å². The summed E-state index contributed by atoms with van der Waals surface area (Å²) in [5.74, 6) is -1.02. The Hall–Kier alpha value is -2.59. The SMILES string of the molecule is CCN(CC)S(=O)(=O)c1ccc(C)c(C(=O)NCc2ccccc2OC(F)(F)F)c1. The zero-order valence-electron chi connectivity index (χ0n) is 16.8. The summed E-state index contributed by atoms with van der Waals surface area (Å²) in [6.45, 7) is 5.40. The van der Waals surface area contributed by atoms with Crippen molar-refractivity contribution in [2.45, 2.75) is 38.6 Å². The Labute approximate surface area is 173 Å². The third-order valence-electron chi connectivity index (χ3n) is 4.43. The van der Waals surface area contributed by atoms with E-state index >= 15 is 0 Å². The lowest BCUT2D eigenvalue weighted by Gasteiger charge is -2.19. The highest BCUT2D eigenvalue weighted by Gasteiger charge is 2.32. The van der Waals surface area contributed by atoms with Crippen LogP contribution in [0.5, 0.6) is 5.75 Å². The van der Waals surface area contributed by atoms with E-state index < -0.39 is 28.0 Å². The molecule has 0 spiro atoms. The Morgan fingerprint density at radius 1 is 1.10 bits per heavy atom. The number of nitrogens with one attached hydrogen (secondary N) is 1. The highest BCUT2D eigenvalue weighted by molar-refractivity contribution is 7.89. The second-order valence-electron chi connectivity index (χ2n) is 6.40. The average Bonchev–Trinajstić information content (AvgIpc) is 2.66. The first-order chi connectivity index (χ1) is 14.0. The minimum absolute atomic E-state index is 0.0252. The van der Waals surface area contributed by atoms with Crippen molar-refractivity contribution in [1.82, 2.24) is 9.62 Å². The number of ether oxygens (including phenoxy) is 1. The molecule has 10 heteroatoms. The maximum atomic E-state index is 12.7. The van der Waals surface area contributed by atoms with Crippen LogP contribution in [0.2, 0.25) is 0 Å². The Balaban J connectivity index is 2.25. The smallest absolute Gasteiger partial charge is 0.405 e. The fourth-order valence-corrected chi connectivity index (χ4v) is 4.35. The lowest BCUT2D eigenvalue weighted by Crippen LogP contribution is -2.31. The van der Waals surface area contributed by atoms with E-state index in [1.807, 2.05) is 0 Å². The summed E-state index contributed by atoms with van der Waals surface area (Å²) in [4.78, 5) is 12.6. The molecule has 0 aliphatic carbocycles. The second kappa shape index (κ2) is 9.48. The number of aryl methyl sites for hydroxylation is 1. The molecule has 0 saturated heterocycles. The molecule has 1 amide bonds. The lowest BCUT2D eigenvalue weighted by atomic mass is 10.1. The van der Waals surface area contributed by atoms with Crippen LogP contribution in [-0.4, -0.2) is 38.1 Å². The minimum Gasteiger partial charge on any atom is -0.405 e. The highest BCUT2D eigenvalue weighted by Crippen LogP contribution is 2.26. The van der Waals surface area contributed by atoms with E-state index in [0.717, 1.165) is 6.07 Å². The van der Waals surface area contributed by atoms with Crippen LogP contribution < -0.4 is 10.1 Å². The normalized spacial score (nSPS) is 12.1. The molecule has 0 aliphatic rings. The van der Waals surface area contributed by atoms with Crippen molar-refractivity contribution < 1.29 is 31.1 Å². The van der Waals surface area contributed by atoms with Gasteiger partial charge in [0.05, 0.1) is 4.90 Å². The molecule has 30 heavy (non-hydrogen) atoms. The lowest BCUT2D eigenvalue weighted by molar-refractivity contribution is -0.274. The van der Waals surface area contributed by atoms with Gasteiger partial charge in [-0.15, -0.1) is 13.2 Å². The van der Waals surface area contributed by atoms with E-state index in [9.17, 15) is 26.4 Å². The number of para-hydroxylation sites is 1. The van der Waals surface area contributed by atoms with Gasteiger partial charge in [0, 0.05) is 30.8 Å². The van der Waals surface area contributed by atoms with Crippen molar-refractivity contribution in [2.24, 2.45) is 0 Å². The first kappa shape index (κ1) is 23.7. The summed E-state index contributed by atoms with van der Waals surface area (Å²) in [5, 5.41) is 2.52. The fourth-order valence-electron chi connectivity index (χ4n) is 2.86. The van der Waals surface area contributed by atoms with Crippen molar-refractivity contribution in [2.75, 3.05) is 13.1 Å². The van der Waals surface area contributed by atoms with Gasteiger partial charge < -0.3 is 10.1 Å². The zero-order chi connectivity index (χ0) is 22.5. The van der Waals surface area contributed by atoms with Gasteiger partial charge in [0.15, 0.2) is 0 Å². The van der Waals surface area contributed by atoms with E-state index in [1.54, 1.807) is 20.8 Å². The Kier molecular flexibility index (Phi) is 7.49. The molecular formula is C20H23F3N2O4S. The molecule has 0 bridgehead atoms. The number of halogens is 3. The number of amides is 1. The van der Waals surface area contributed by atoms with Crippen LogP contribution in [0.4, 0.5) is 13.2 Å². The molecular weight excluding hydrogens is 421 g/mol. The van der Waals surface area contributed by atoms with Gasteiger partial charge in [-0.1, -0.05) is 38.1 Å². The molecule has 0 aliphatic heterocycles. The summed E-state index contributed by atoms with van der Waals surface area (Å²) in [6, 6.07) is 9.67. The summed E-state index contributed by atoms with van der Waals surface area (Å²) in [7, 11) is -3.76. The molecule has 6 nitrogen and oxygen atoms in total. The molecule has 2 rings (SSSR count). The minimum atomic E-state index is -4.86. The summed E-state index contributed by atoms with van der Waals surface area (Å²) >= 11 is 0. The number of nitrogens with zero attached hydrogens (tertiary/aromatic N) is 1. The van der Waals surface area contributed by atoms with Crippen LogP contribution in [0.25, 0.3) is 0 Å². The number of alkyl halides is 3. The fraction of sp³-hybridized carbons (Fsp3) is 0.350. The van der Waals surface area contributed by atoms with Gasteiger partial charge in [0.2, 0.25) is 10.0 Å². The Morgan fingerprint density at radius 2 is 1.73 bits per heavy atom. The van der Waals surface area contributed by atoms with Gasteiger partial charge in [-0.3, -0.25) is 4.79 Å². The van der Waals surface area contributed by atoms with Gasteiger partial charge in [-0.25, -0.2) is 8.42 Å². The number of hydrogen-bond donors (Lipinski definition) is 1. The van der Waals surface area contributed by atoms with E-state index in [1.165, 1.54) is 40.7 Å². The van der Waals surface area contributed by atoms with E-state index in [4.69, 9.17) is 0 Å². The molecule has 2 aromatic carbocycles. The molecule has 164 valence electrons. The number of carbonyl (C=O) groups is 1. The van der Waals surface area contributed by atoms with Crippen LogP contribution in [-0.2, 0) is 16.6 Å². The van der Waals surface area contributed by atoms with E-state index in [0.29, 0.717) is 5.56 Å². The maximum Gasteiger partial charge on any atom is 0.573 e. The van der Waals surface area contributed by atoms with Crippen molar-refractivity contribution in [3.63, 3.8) is 0 Å². The number of sulfonamides is 1. The standard InChI is InChI=1S/C20H23F3N2O4S/c1-4-25(5-2)30(27,28)16-11-10-14(3)17(12-16)19(26)24-13-15-8-6-7-9-18(15)29-20(21,22)23/h6-12H,4-5,13H2,1-3H3,(H,24,26). The van der Waals surface area contributed by atoms with E-state index in [-0.39, 0.29) is 35.7 Å². The maximum absolute atomic E-state index is 12.7. The first-order valence-corrected chi connectivity index (χ1v) is 10.7. The zero-order valence-corrected chi connectivity index (χ0v) is 17.6. The molecule has 0 unspecified atom stereocenters. The number of carbonyl (C=O) groups excluding carboxylic acids is 1. The van der Waals surface area contributed by atoms with Crippen LogP contribution in [0.1, 0.15) is 35.3 Å². The highest BCUT2D eigenvalue weighted by atomic mass is 32.2. The summed E-state index contributed by atoms with van der Waals surface area (Å²) < 4.78 is 68.3. The van der Waals surface area contributed by atoms with Gasteiger partial charge in [0.25, 0.3) is 5.91 Å². The van der Waals surface area contributed by atoms with Crippen molar-refractivity contribution >= 4 is 15.9 Å². The number of benzene rings is 2. The predicted octanol–water partition coefficient (Wildman–Crippen LogP) is 3.85. The number of hydrogen-bond acceptors (Lipinski definition) is 4. The van der Waals surface area contributed by atoms with Gasteiger partial charge in [0.1, 0.15) is 5.75 Å². The van der Waals surface area contributed by atoms with Gasteiger partial charge in [-0.05, 0) is 30.7 Å². The van der Waals surface area contributed by atoms with Crippen LogP contribution >= 0.6 is 0 Å². The third kappa shape index (κ3) is 5.73. The van der Waals surface area contributed by atoms with Crippen LogP contribution in [0, 0.1) is 6.92 Å². The molecule has 0 atom stereocenters. The third-order valence-corrected chi connectivity index (χ3v) is 6.48. The first-order valence-electron chi connectivity index (χ1n) is 9.22. The number of rotatable bonds is 8. The predicted molar refractivity (Wildman–Crippen MR) is 106 cm³/mol. The molecule has 2 aromatic rings. The van der Waals surface area contributed by atoms with Gasteiger partial charge >= 0.3 is 6.36 Å². The molecule has 0 saturated carbocycles. The largest absolute Gasteiger partial charge is 0.573 e. The molecule has 0 aromatic heterocycles. The van der Waals surface area contributed by atoms with E-state index in [2.05, 4.69) is 10.1 Å². The van der Waals surface area contributed by atoms with Crippen LogP contribution in [0.3, 0.4) is 0 Å². The Bertz CT molecular complexity index is 1000. The molecule has 0 fully saturated rings. The molecule has 0 heterocycles. The van der Waals surface area contributed by atoms with Crippen LogP contribution in [0.15, 0.2) is 47.4 Å². The molecule has 0 radical (unpaired) electrons. The monoisotopic (exact) mass is 444 g/mol. The summed E-state index contributed by atoms with van der Waals surface area (Å²) in [6.07, 6.45) is -4.86. The topological polar surface area (TPSA) is 75.7 Å². The second-order valence-corrected chi connectivity index (χ2v) is 8.34. The van der Waals surface area contributed by atoms with Crippen molar-refractivity contribution in [3.05, 3.63) is 59.2 Å².